The lowest BCUT2D eigenvalue weighted by atomic mass is 10.0. The van der Waals surface area contributed by atoms with E-state index in [0.29, 0.717) is 5.56 Å². The molecule has 1 atom stereocenters. The van der Waals surface area contributed by atoms with Crippen LogP contribution < -0.4 is 10.6 Å². The average molecular weight is 220 g/mol. The van der Waals surface area contributed by atoms with E-state index in [1.807, 2.05) is 13.0 Å². The SMILES string of the molecule is C[C@H](N)c1c(F)cccc1N1CC=CCC1. The van der Waals surface area contributed by atoms with E-state index in [9.17, 15) is 4.39 Å². The molecule has 0 amide bonds. The zero-order valence-electron chi connectivity index (χ0n) is 9.49. The molecule has 1 aliphatic rings. The predicted molar refractivity (Wildman–Crippen MR) is 65.0 cm³/mol. The van der Waals surface area contributed by atoms with Crippen molar-refractivity contribution < 1.29 is 4.39 Å². The van der Waals surface area contributed by atoms with Crippen LogP contribution in [0.4, 0.5) is 10.1 Å². The van der Waals surface area contributed by atoms with Crippen molar-refractivity contribution in [2.75, 3.05) is 18.0 Å². The van der Waals surface area contributed by atoms with E-state index >= 15 is 0 Å². The highest BCUT2D eigenvalue weighted by atomic mass is 19.1. The highest BCUT2D eigenvalue weighted by Gasteiger charge is 2.17. The van der Waals surface area contributed by atoms with E-state index in [0.717, 1.165) is 25.2 Å². The van der Waals surface area contributed by atoms with E-state index < -0.39 is 0 Å². The van der Waals surface area contributed by atoms with Crippen LogP contribution in [-0.2, 0) is 0 Å². The summed E-state index contributed by atoms with van der Waals surface area (Å²) >= 11 is 0. The highest BCUT2D eigenvalue weighted by Crippen LogP contribution is 2.28. The zero-order chi connectivity index (χ0) is 11.5. The molecule has 0 aliphatic carbocycles. The fourth-order valence-electron chi connectivity index (χ4n) is 2.11. The van der Waals surface area contributed by atoms with Crippen LogP contribution in [0.3, 0.4) is 0 Å². The molecule has 1 aromatic rings. The minimum Gasteiger partial charge on any atom is -0.367 e. The maximum atomic E-state index is 13.7. The summed E-state index contributed by atoms with van der Waals surface area (Å²) in [4.78, 5) is 2.17. The van der Waals surface area contributed by atoms with E-state index in [-0.39, 0.29) is 11.9 Å². The molecule has 0 saturated carbocycles. The average Bonchev–Trinajstić information content (AvgIpc) is 2.29. The Bertz CT molecular complexity index is 399. The lowest BCUT2D eigenvalue weighted by Crippen LogP contribution is -2.29. The van der Waals surface area contributed by atoms with Crippen LogP contribution >= 0.6 is 0 Å². The summed E-state index contributed by atoms with van der Waals surface area (Å²) in [6.07, 6.45) is 5.27. The van der Waals surface area contributed by atoms with Crippen molar-refractivity contribution in [3.8, 4) is 0 Å². The van der Waals surface area contributed by atoms with Crippen LogP contribution in [0.1, 0.15) is 24.9 Å². The van der Waals surface area contributed by atoms with E-state index in [2.05, 4.69) is 17.1 Å². The van der Waals surface area contributed by atoms with E-state index in [1.54, 1.807) is 6.07 Å². The second kappa shape index (κ2) is 4.66. The quantitative estimate of drug-likeness (QED) is 0.776. The maximum absolute atomic E-state index is 13.7. The molecule has 1 aliphatic heterocycles. The third-order valence-electron chi connectivity index (χ3n) is 2.88. The maximum Gasteiger partial charge on any atom is 0.130 e. The Morgan fingerprint density at radius 2 is 2.19 bits per heavy atom. The first-order valence-electron chi connectivity index (χ1n) is 5.64. The monoisotopic (exact) mass is 220 g/mol. The Morgan fingerprint density at radius 1 is 1.38 bits per heavy atom. The van der Waals surface area contributed by atoms with Gasteiger partial charge in [-0.15, -0.1) is 0 Å². The van der Waals surface area contributed by atoms with Crippen molar-refractivity contribution in [1.29, 1.82) is 0 Å². The highest BCUT2D eigenvalue weighted by molar-refractivity contribution is 5.56. The van der Waals surface area contributed by atoms with Gasteiger partial charge in [0.05, 0.1) is 0 Å². The van der Waals surface area contributed by atoms with E-state index in [4.69, 9.17) is 5.73 Å². The molecule has 2 rings (SSSR count). The van der Waals surface area contributed by atoms with Gasteiger partial charge >= 0.3 is 0 Å². The minimum absolute atomic E-state index is 0.206. The summed E-state index contributed by atoms with van der Waals surface area (Å²) in [5, 5.41) is 0. The second-order valence-corrected chi connectivity index (χ2v) is 4.17. The summed E-state index contributed by atoms with van der Waals surface area (Å²) in [5.74, 6) is -0.206. The summed E-state index contributed by atoms with van der Waals surface area (Å²) < 4.78 is 13.7. The summed E-state index contributed by atoms with van der Waals surface area (Å²) in [7, 11) is 0. The Kier molecular flexibility index (Phi) is 3.25. The van der Waals surface area contributed by atoms with Crippen molar-refractivity contribution in [2.24, 2.45) is 5.73 Å². The minimum atomic E-state index is -0.276. The molecule has 0 bridgehead atoms. The largest absolute Gasteiger partial charge is 0.367 e. The Morgan fingerprint density at radius 3 is 2.81 bits per heavy atom. The predicted octanol–water partition coefficient (Wildman–Crippen LogP) is 2.61. The molecule has 2 nitrogen and oxygen atoms in total. The van der Waals surface area contributed by atoms with Gasteiger partial charge in [0, 0.05) is 30.4 Å². The normalized spacial score (nSPS) is 17.6. The van der Waals surface area contributed by atoms with Crippen LogP contribution in [0.15, 0.2) is 30.4 Å². The molecule has 0 spiro atoms. The Labute approximate surface area is 95.6 Å². The topological polar surface area (TPSA) is 29.3 Å². The van der Waals surface area contributed by atoms with Gasteiger partial charge in [0.1, 0.15) is 5.82 Å². The van der Waals surface area contributed by atoms with Crippen LogP contribution in [0.25, 0.3) is 0 Å². The molecule has 2 N–H and O–H groups in total. The lowest BCUT2D eigenvalue weighted by Gasteiger charge is -2.29. The van der Waals surface area contributed by atoms with Crippen LogP contribution in [-0.4, -0.2) is 13.1 Å². The third kappa shape index (κ3) is 2.09. The summed E-state index contributed by atoms with van der Waals surface area (Å²) in [5.41, 5.74) is 7.39. The standard InChI is InChI=1S/C13H17FN2/c1-10(15)13-11(14)6-5-7-12(13)16-8-3-2-4-9-16/h2-3,5-7,10H,4,8-9,15H2,1H3/t10-/m0/s1. The summed E-state index contributed by atoms with van der Waals surface area (Å²) in [6, 6.07) is 4.89. The number of halogens is 1. The number of nitrogens with two attached hydrogens (primary N) is 1. The number of rotatable bonds is 2. The molecule has 0 saturated heterocycles. The van der Waals surface area contributed by atoms with Crippen molar-refractivity contribution in [1.82, 2.24) is 0 Å². The van der Waals surface area contributed by atoms with E-state index in [1.165, 1.54) is 6.07 Å². The molecule has 86 valence electrons. The molecule has 0 unspecified atom stereocenters. The third-order valence-corrected chi connectivity index (χ3v) is 2.88. The lowest BCUT2D eigenvalue weighted by molar-refractivity contribution is 0.591. The first-order chi connectivity index (χ1) is 7.70. The van der Waals surface area contributed by atoms with Gasteiger partial charge < -0.3 is 10.6 Å². The number of anilines is 1. The van der Waals surface area contributed by atoms with Crippen molar-refractivity contribution in [3.05, 3.63) is 41.7 Å². The van der Waals surface area contributed by atoms with Gasteiger partial charge in [-0.3, -0.25) is 0 Å². The van der Waals surface area contributed by atoms with Crippen molar-refractivity contribution in [3.63, 3.8) is 0 Å². The zero-order valence-corrected chi connectivity index (χ0v) is 9.49. The molecule has 1 aromatic carbocycles. The van der Waals surface area contributed by atoms with Gasteiger partial charge in [-0.25, -0.2) is 4.39 Å². The number of hydrogen-bond donors (Lipinski definition) is 1. The van der Waals surface area contributed by atoms with Gasteiger partial charge in [0.15, 0.2) is 0 Å². The molecular weight excluding hydrogens is 203 g/mol. The Hall–Kier alpha value is -1.35. The van der Waals surface area contributed by atoms with Crippen LogP contribution in [0.5, 0.6) is 0 Å². The number of nitrogens with zero attached hydrogens (tertiary/aromatic N) is 1. The number of benzene rings is 1. The molecule has 3 heteroatoms. The van der Waals surface area contributed by atoms with Gasteiger partial charge in [-0.1, -0.05) is 18.2 Å². The molecular formula is C13H17FN2. The van der Waals surface area contributed by atoms with Crippen LogP contribution in [0.2, 0.25) is 0 Å². The van der Waals surface area contributed by atoms with Gasteiger partial charge in [0.25, 0.3) is 0 Å². The van der Waals surface area contributed by atoms with Crippen molar-refractivity contribution in [2.45, 2.75) is 19.4 Å². The molecule has 0 fully saturated rings. The molecule has 0 aromatic heterocycles. The molecule has 1 heterocycles. The van der Waals surface area contributed by atoms with Gasteiger partial charge in [-0.05, 0) is 25.5 Å². The molecule has 0 radical (unpaired) electrons. The van der Waals surface area contributed by atoms with Crippen molar-refractivity contribution >= 4 is 5.69 Å². The Balaban J connectivity index is 2.39. The first-order valence-corrected chi connectivity index (χ1v) is 5.64. The van der Waals surface area contributed by atoms with Gasteiger partial charge in [-0.2, -0.15) is 0 Å². The first kappa shape index (κ1) is 11.1. The summed E-state index contributed by atoms with van der Waals surface area (Å²) in [6.45, 7) is 3.59. The fourth-order valence-corrected chi connectivity index (χ4v) is 2.11. The smallest absolute Gasteiger partial charge is 0.130 e. The van der Waals surface area contributed by atoms with Crippen LogP contribution in [0, 0.1) is 5.82 Å². The molecule has 16 heavy (non-hydrogen) atoms. The number of hydrogen-bond acceptors (Lipinski definition) is 2. The fraction of sp³-hybridized carbons (Fsp3) is 0.385. The second-order valence-electron chi connectivity index (χ2n) is 4.17. The van der Waals surface area contributed by atoms with Gasteiger partial charge in [0.2, 0.25) is 0 Å².